The second-order valence-electron chi connectivity index (χ2n) is 7.82. The zero-order valence-corrected chi connectivity index (χ0v) is 18.9. The molecule has 0 aliphatic carbocycles. The first-order valence-corrected chi connectivity index (χ1v) is 11.5. The second-order valence-corrected chi connectivity index (χ2v) is 8.79. The van der Waals surface area contributed by atoms with Crippen LogP contribution in [-0.2, 0) is 17.8 Å². The molecule has 0 fully saturated rings. The number of amides is 1. The lowest BCUT2D eigenvalue weighted by molar-refractivity contribution is -0.119. The molecule has 2 aromatic carbocycles. The molecule has 32 heavy (non-hydrogen) atoms. The summed E-state index contributed by atoms with van der Waals surface area (Å²) >= 11 is 1.17. The molecule has 1 atom stereocenters. The third-order valence-electron chi connectivity index (χ3n) is 5.12. The van der Waals surface area contributed by atoms with Gasteiger partial charge in [0.1, 0.15) is 5.76 Å². The van der Waals surface area contributed by atoms with Gasteiger partial charge in [-0.25, -0.2) is 4.98 Å². The highest BCUT2D eigenvalue weighted by atomic mass is 32.2. The average Bonchev–Trinajstić information content (AvgIpc) is 3.28. The minimum Gasteiger partial charge on any atom is -0.469 e. The molecule has 0 aliphatic rings. The van der Waals surface area contributed by atoms with Crippen molar-refractivity contribution in [2.45, 2.75) is 37.9 Å². The van der Waals surface area contributed by atoms with Gasteiger partial charge in [0.05, 0.1) is 29.6 Å². The summed E-state index contributed by atoms with van der Waals surface area (Å²) in [6, 6.07) is 19.3. The highest BCUT2D eigenvalue weighted by Gasteiger charge is 2.15. The third kappa shape index (κ3) is 5.29. The lowest BCUT2D eigenvalue weighted by Crippen LogP contribution is -2.35. The number of aromatic nitrogens is 2. The van der Waals surface area contributed by atoms with E-state index >= 15 is 0 Å². The molecule has 0 saturated carbocycles. The number of thioether (sulfide) groups is 1. The number of carbonyl (C=O) groups excluding carboxylic acids is 1. The SMILES string of the molecule is Cc1ccc(Cn2c(=O)c(SCC(=O)N[C@H](C)Cc3ccco3)nc3ccccc32)cc1. The lowest BCUT2D eigenvalue weighted by atomic mass is 10.1. The average molecular weight is 448 g/mol. The lowest BCUT2D eigenvalue weighted by Gasteiger charge is -2.14. The summed E-state index contributed by atoms with van der Waals surface area (Å²) in [4.78, 5) is 30.2. The maximum absolute atomic E-state index is 13.2. The summed E-state index contributed by atoms with van der Waals surface area (Å²) < 4.78 is 7.06. The summed E-state index contributed by atoms with van der Waals surface area (Å²) in [7, 11) is 0. The van der Waals surface area contributed by atoms with E-state index in [1.807, 2.05) is 74.5 Å². The van der Waals surface area contributed by atoms with Gasteiger partial charge in [0.15, 0.2) is 5.03 Å². The van der Waals surface area contributed by atoms with Crippen LogP contribution >= 0.6 is 11.8 Å². The molecule has 0 bridgehead atoms. The fraction of sp³-hybridized carbons (Fsp3) is 0.240. The summed E-state index contributed by atoms with van der Waals surface area (Å²) in [5, 5.41) is 3.27. The van der Waals surface area contributed by atoms with Crippen LogP contribution in [0.3, 0.4) is 0 Å². The Balaban J connectivity index is 1.51. The van der Waals surface area contributed by atoms with Crippen LogP contribution in [0.5, 0.6) is 0 Å². The maximum Gasteiger partial charge on any atom is 0.283 e. The van der Waals surface area contributed by atoms with Crippen molar-refractivity contribution >= 4 is 28.7 Å². The summed E-state index contributed by atoms with van der Waals surface area (Å²) in [6.45, 7) is 4.41. The van der Waals surface area contributed by atoms with Crippen molar-refractivity contribution in [1.82, 2.24) is 14.9 Å². The number of benzene rings is 2. The van der Waals surface area contributed by atoms with E-state index in [0.29, 0.717) is 18.0 Å². The standard InChI is InChI=1S/C25H25N3O3S/c1-17-9-11-19(12-10-17)15-28-22-8-4-3-7-21(22)27-24(25(28)30)32-16-23(29)26-18(2)14-20-6-5-13-31-20/h3-13,18H,14-16H2,1-2H3,(H,26,29)/t18-/m1/s1. The van der Waals surface area contributed by atoms with Crippen molar-refractivity contribution in [3.63, 3.8) is 0 Å². The topological polar surface area (TPSA) is 77.1 Å². The molecule has 4 aromatic rings. The van der Waals surface area contributed by atoms with Crippen LogP contribution in [0.1, 0.15) is 23.8 Å². The molecule has 0 radical (unpaired) electrons. The Bertz CT molecular complexity index is 1260. The number of hydrogen-bond donors (Lipinski definition) is 1. The number of furan rings is 1. The van der Waals surface area contributed by atoms with E-state index in [4.69, 9.17) is 4.42 Å². The van der Waals surface area contributed by atoms with E-state index in [9.17, 15) is 9.59 Å². The van der Waals surface area contributed by atoms with Gasteiger partial charge < -0.3 is 9.73 Å². The molecular weight excluding hydrogens is 422 g/mol. The van der Waals surface area contributed by atoms with E-state index in [0.717, 1.165) is 22.4 Å². The van der Waals surface area contributed by atoms with Gasteiger partial charge >= 0.3 is 0 Å². The molecule has 2 aromatic heterocycles. The maximum atomic E-state index is 13.2. The molecule has 0 saturated heterocycles. The number of nitrogens with zero attached hydrogens (tertiary/aromatic N) is 2. The number of fused-ring (bicyclic) bond motifs is 1. The normalized spacial score (nSPS) is 12.1. The predicted octanol–water partition coefficient (Wildman–Crippen LogP) is 4.19. The summed E-state index contributed by atoms with van der Waals surface area (Å²) in [5.41, 5.74) is 3.52. The molecule has 164 valence electrons. The van der Waals surface area contributed by atoms with Gasteiger partial charge in [0.25, 0.3) is 5.56 Å². The molecule has 0 aliphatic heterocycles. The van der Waals surface area contributed by atoms with Crippen molar-refractivity contribution in [3.05, 3.63) is 94.2 Å². The zero-order valence-electron chi connectivity index (χ0n) is 18.1. The highest BCUT2D eigenvalue weighted by Crippen LogP contribution is 2.18. The van der Waals surface area contributed by atoms with Crippen LogP contribution < -0.4 is 10.9 Å². The molecule has 1 amide bonds. The zero-order chi connectivity index (χ0) is 22.5. The predicted molar refractivity (Wildman–Crippen MR) is 127 cm³/mol. The fourth-order valence-electron chi connectivity index (χ4n) is 3.53. The van der Waals surface area contributed by atoms with Crippen molar-refractivity contribution in [1.29, 1.82) is 0 Å². The number of nitrogens with one attached hydrogen (secondary N) is 1. The third-order valence-corrected chi connectivity index (χ3v) is 6.06. The van der Waals surface area contributed by atoms with Crippen molar-refractivity contribution in [2.75, 3.05) is 5.75 Å². The second kappa shape index (κ2) is 9.87. The molecule has 6 nitrogen and oxygen atoms in total. The summed E-state index contributed by atoms with van der Waals surface area (Å²) in [5.74, 6) is 0.794. The van der Waals surface area contributed by atoms with Crippen LogP contribution in [0, 0.1) is 6.92 Å². The van der Waals surface area contributed by atoms with Crippen LogP contribution in [0.4, 0.5) is 0 Å². The first-order valence-electron chi connectivity index (χ1n) is 10.5. The number of hydrogen-bond acceptors (Lipinski definition) is 5. The Morgan fingerprint density at radius 2 is 1.91 bits per heavy atom. The number of rotatable bonds is 8. The van der Waals surface area contributed by atoms with Crippen LogP contribution in [0.25, 0.3) is 11.0 Å². The molecule has 4 rings (SSSR count). The quantitative estimate of drug-likeness (QED) is 0.410. The van der Waals surface area contributed by atoms with Crippen molar-refractivity contribution in [3.8, 4) is 0 Å². The number of carbonyl (C=O) groups is 1. The molecule has 0 spiro atoms. The summed E-state index contributed by atoms with van der Waals surface area (Å²) in [6.07, 6.45) is 2.23. The van der Waals surface area contributed by atoms with Crippen LogP contribution in [0.2, 0.25) is 0 Å². The van der Waals surface area contributed by atoms with Crippen LogP contribution in [-0.4, -0.2) is 27.3 Å². The molecule has 7 heteroatoms. The molecular formula is C25H25N3O3S. The minimum absolute atomic E-state index is 0.0722. The Morgan fingerprint density at radius 1 is 1.12 bits per heavy atom. The largest absolute Gasteiger partial charge is 0.469 e. The molecule has 1 N–H and O–H groups in total. The number of para-hydroxylation sites is 2. The highest BCUT2D eigenvalue weighted by molar-refractivity contribution is 7.99. The monoisotopic (exact) mass is 447 g/mol. The van der Waals surface area contributed by atoms with E-state index < -0.39 is 0 Å². The first kappa shape index (κ1) is 21.9. The fourth-order valence-corrected chi connectivity index (χ4v) is 4.28. The van der Waals surface area contributed by atoms with E-state index in [1.165, 1.54) is 17.3 Å². The Labute approximate surface area is 190 Å². The molecule has 0 unspecified atom stereocenters. The van der Waals surface area contributed by atoms with Crippen molar-refractivity contribution < 1.29 is 9.21 Å². The number of aryl methyl sites for hydroxylation is 1. The van der Waals surface area contributed by atoms with Gasteiger partial charge in [-0.15, -0.1) is 0 Å². The van der Waals surface area contributed by atoms with Gasteiger partial charge in [-0.2, -0.15) is 0 Å². The van der Waals surface area contributed by atoms with Gasteiger partial charge in [0, 0.05) is 12.5 Å². The van der Waals surface area contributed by atoms with Gasteiger partial charge in [-0.1, -0.05) is 53.7 Å². The van der Waals surface area contributed by atoms with Gasteiger partial charge in [-0.3, -0.25) is 14.2 Å². The smallest absolute Gasteiger partial charge is 0.283 e. The van der Waals surface area contributed by atoms with Crippen LogP contribution in [0.15, 0.2) is 81.2 Å². The Morgan fingerprint density at radius 3 is 2.66 bits per heavy atom. The van der Waals surface area contributed by atoms with E-state index in [1.54, 1.807) is 10.8 Å². The van der Waals surface area contributed by atoms with Gasteiger partial charge in [-0.05, 0) is 43.7 Å². The first-order chi connectivity index (χ1) is 15.5. The van der Waals surface area contributed by atoms with E-state index in [2.05, 4.69) is 10.3 Å². The van der Waals surface area contributed by atoms with E-state index in [-0.39, 0.29) is 23.3 Å². The van der Waals surface area contributed by atoms with Gasteiger partial charge in [0.2, 0.25) is 5.91 Å². The minimum atomic E-state index is -0.189. The Kier molecular flexibility index (Phi) is 6.75. The Hall–Kier alpha value is -3.32. The molecule has 2 heterocycles. The van der Waals surface area contributed by atoms with Crippen molar-refractivity contribution in [2.24, 2.45) is 0 Å².